The van der Waals surface area contributed by atoms with E-state index in [9.17, 15) is 13.2 Å². The second-order valence-corrected chi connectivity index (χ2v) is 10.3. The van der Waals surface area contributed by atoms with Gasteiger partial charge in [-0.25, -0.2) is 8.42 Å². The van der Waals surface area contributed by atoms with Crippen molar-refractivity contribution in [3.05, 3.63) is 89.0 Å². The van der Waals surface area contributed by atoms with E-state index >= 15 is 0 Å². The zero-order valence-electron chi connectivity index (χ0n) is 18.7. The molecule has 2 heterocycles. The van der Waals surface area contributed by atoms with Crippen molar-refractivity contribution < 1.29 is 22.7 Å². The van der Waals surface area contributed by atoms with Gasteiger partial charge in [0.2, 0.25) is 10.0 Å². The molecule has 0 spiro atoms. The highest BCUT2D eigenvalue weighted by Crippen LogP contribution is 2.31. The molecule has 0 aliphatic carbocycles. The minimum absolute atomic E-state index is 0.131. The Hall–Kier alpha value is -3.36. The largest absolute Gasteiger partial charge is 0.486 e. The molecule has 0 radical (unpaired) electrons. The van der Waals surface area contributed by atoms with Crippen molar-refractivity contribution in [2.75, 3.05) is 26.3 Å². The number of ether oxygens (including phenoxy) is 2. The van der Waals surface area contributed by atoms with E-state index in [2.05, 4.69) is 5.32 Å². The summed E-state index contributed by atoms with van der Waals surface area (Å²) in [6, 6.07) is 19.9. The fourth-order valence-electron chi connectivity index (χ4n) is 4.29. The third-order valence-corrected chi connectivity index (χ3v) is 7.98. The lowest BCUT2D eigenvalue weighted by Gasteiger charge is -2.28. The fourth-order valence-corrected chi connectivity index (χ4v) is 5.75. The van der Waals surface area contributed by atoms with Gasteiger partial charge in [0.1, 0.15) is 13.2 Å². The summed E-state index contributed by atoms with van der Waals surface area (Å²) in [4.78, 5) is 12.9. The van der Waals surface area contributed by atoms with Crippen LogP contribution >= 0.6 is 0 Å². The van der Waals surface area contributed by atoms with E-state index in [1.807, 2.05) is 42.5 Å². The minimum atomic E-state index is -3.71. The molecule has 1 amide bonds. The van der Waals surface area contributed by atoms with Crippen molar-refractivity contribution in [2.24, 2.45) is 0 Å². The number of hydrogen-bond acceptors (Lipinski definition) is 5. The Labute approximate surface area is 199 Å². The Morgan fingerprint density at radius 3 is 2.56 bits per heavy atom. The van der Waals surface area contributed by atoms with Crippen molar-refractivity contribution in [3.63, 3.8) is 0 Å². The van der Waals surface area contributed by atoms with E-state index in [4.69, 9.17) is 9.47 Å². The van der Waals surface area contributed by atoms with Gasteiger partial charge in [0, 0.05) is 25.2 Å². The second-order valence-electron chi connectivity index (χ2n) is 8.37. The summed E-state index contributed by atoms with van der Waals surface area (Å²) < 4.78 is 39.1. The average Bonchev–Trinajstić information content (AvgIpc) is 2.88. The van der Waals surface area contributed by atoms with Crippen molar-refractivity contribution in [1.82, 2.24) is 9.62 Å². The molecule has 34 heavy (non-hydrogen) atoms. The summed E-state index contributed by atoms with van der Waals surface area (Å²) >= 11 is 0. The van der Waals surface area contributed by atoms with E-state index in [0.717, 1.165) is 16.9 Å². The van der Waals surface area contributed by atoms with Gasteiger partial charge >= 0.3 is 0 Å². The number of amides is 1. The van der Waals surface area contributed by atoms with Crippen LogP contribution in [0.1, 0.15) is 27.0 Å². The second kappa shape index (κ2) is 9.48. The molecule has 0 atom stereocenters. The highest BCUT2D eigenvalue weighted by atomic mass is 32.2. The third-order valence-electron chi connectivity index (χ3n) is 6.14. The molecule has 2 aliphatic rings. The molecule has 8 heteroatoms. The number of fused-ring (bicyclic) bond motifs is 2. The van der Waals surface area contributed by atoms with Crippen LogP contribution in [-0.4, -0.2) is 44.9 Å². The normalized spacial score (nSPS) is 15.4. The number of sulfonamides is 1. The standard InChI is InChI=1S/C26H26N2O5S/c29-26(27-12-10-19-8-9-24-25(16-19)33-15-14-32-24)21-6-3-7-23(17-21)34(30,31)28-13-11-20-4-1-2-5-22(20)18-28/h1-9,16-17H,10-15,18H2,(H,27,29). The predicted molar refractivity (Wildman–Crippen MR) is 128 cm³/mol. The van der Waals surface area contributed by atoms with Crippen LogP contribution in [0.4, 0.5) is 0 Å². The Morgan fingerprint density at radius 2 is 1.71 bits per heavy atom. The molecule has 5 rings (SSSR count). The van der Waals surface area contributed by atoms with Gasteiger partial charge in [0.15, 0.2) is 11.5 Å². The number of benzene rings is 3. The predicted octanol–water partition coefficient (Wildman–Crippen LogP) is 3.18. The molecule has 0 fully saturated rings. The van der Waals surface area contributed by atoms with Crippen LogP contribution in [0.15, 0.2) is 71.6 Å². The summed E-state index contributed by atoms with van der Waals surface area (Å²) in [5.41, 5.74) is 3.54. The molecule has 7 nitrogen and oxygen atoms in total. The number of rotatable bonds is 6. The highest BCUT2D eigenvalue weighted by molar-refractivity contribution is 7.89. The molecule has 3 aromatic rings. The van der Waals surface area contributed by atoms with Crippen LogP contribution in [0.2, 0.25) is 0 Å². The molecular formula is C26H26N2O5S. The topological polar surface area (TPSA) is 84.9 Å². The van der Waals surface area contributed by atoms with Gasteiger partial charge in [-0.3, -0.25) is 4.79 Å². The average molecular weight is 479 g/mol. The Bertz CT molecular complexity index is 1320. The molecular weight excluding hydrogens is 452 g/mol. The molecule has 0 saturated carbocycles. The fraction of sp³-hybridized carbons (Fsp3) is 0.269. The lowest BCUT2D eigenvalue weighted by atomic mass is 10.0. The summed E-state index contributed by atoms with van der Waals surface area (Å²) in [6.07, 6.45) is 1.29. The van der Waals surface area contributed by atoms with Crippen molar-refractivity contribution in [3.8, 4) is 11.5 Å². The molecule has 176 valence electrons. The smallest absolute Gasteiger partial charge is 0.251 e. The molecule has 0 unspecified atom stereocenters. The van der Waals surface area contributed by atoms with Crippen molar-refractivity contribution >= 4 is 15.9 Å². The molecule has 1 N–H and O–H groups in total. The van der Waals surface area contributed by atoms with Gasteiger partial charge in [-0.05, 0) is 59.9 Å². The maximum absolute atomic E-state index is 13.3. The first-order valence-corrected chi connectivity index (χ1v) is 12.8. The SMILES string of the molecule is O=C(NCCc1ccc2c(c1)OCCO2)c1cccc(S(=O)(=O)N2CCc3ccccc3C2)c1. The monoisotopic (exact) mass is 478 g/mol. The van der Waals surface area contributed by atoms with Crippen molar-refractivity contribution in [2.45, 2.75) is 24.3 Å². The number of hydrogen-bond donors (Lipinski definition) is 1. The molecule has 2 aliphatic heterocycles. The Balaban J connectivity index is 1.23. The van der Waals surface area contributed by atoms with Gasteiger partial charge < -0.3 is 14.8 Å². The van der Waals surface area contributed by atoms with Crippen LogP contribution in [0, 0.1) is 0 Å². The minimum Gasteiger partial charge on any atom is -0.486 e. The van der Waals surface area contributed by atoms with Crippen molar-refractivity contribution in [1.29, 1.82) is 0 Å². The maximum atomic E-state index is 13.3. The lowest BCUT2D eigenvalue weighted by molar-refractivity contribution is 0.0954. The summed E-state index contributed by atoms with van der Waals surface area (Å²) in [5, 5.41) is 2.88. The molecule has 0 saturated heterocycles. The lowest BCUT2D eigenvalue weighted by Crippen LogP contribution is -2.36. The number of nitrogens with zero attached hydrogens (tertiary/aromatic N) is 1. The third kappa shape index (κ3) is 4.64. The first-order chi connectivity index (χ1) is 16.5. The summed E-state index contributed by atoms with van der Waals surface area (Å²) in [5.74, 6) is 1.14. The molecule has 3 aromatic carbocycles. The number of carbonyl (C=O) groups is 1. The zero-order chi connectivity index (χ0) is 23.5. The van der Waals surface area contributed by atoms with Gasteiger partial charge in [-0.1, -0.05) is 36.4 Å². The summed E-state index contributed by atoms with van der Waals surface area (Å²) in [7, 11) is -3.71. The van der Waals surface area contributed by atoms with E-state index in [1.54, 1.807) is 18.2 Å². The summed E-state index contributed by atoms with van der Waals surface area (Å²) in [6.45, 7) is 2.24. The van der Waals surface area contributed by atoms with E-state index in [0.29, 0.717) is 57.0 Å². The number of carbonyl (C=O) groups excluding carboxylic acids is 1. The molecule has 0 aromatic heterocycles. The van der Waals surface area contributed by atoms with Crippen LogP contribution < -0.4 is 14.8 Å². The van der Waals surface area contributed by atoms with Crippen LogP contribution in [0.25, 0.3) is 0 Å². The molecule has 0 bridgehead atoms. The van der Waals surface area contributed by atoms with Crippen LogP contribution in [0.3, 0.4) is 0 Å². The van der Waals surface area contributed by atoms with Crippen LogP contribution in [-0.2, 0) is 29.4 Å². The zero-order valence-corrected chi connectivity index (χ0v) is 19.5. The Morgan fingerprint density at radius 1 is 0.912 bits per heavy atom. The van der Waals surface area contributed by atoms with E-state index in [1.165, 1.54) is 15.9 Å². The first-order valence-electron chi connectivity index (χ1n) is 11.3. The van der Waals surface area contributed by atoms with Gasteiger partial charge in [0.25, 0.3) is 5.91 Å². The maximum Gasteiger partial charge on any atom is 0.251 e. The Kier molecular flexibility index (Phi) is 6.26. The highest BCUT2D eigenvalue weighted by Gasteiger charge is 2.28. The van der Waals surface area contributed by atoms with E-state index < -0.39 is 10.0 Å². The van der Waals surface area contributed by atoms with Gasteiger partial charge in [-0.2, -0.15) is 4.31 Å². The van der Waals surface area contributed by atoms with E-state index in [-0.39, 0.29) is 10.8 Å². The quantitative estimate of drug-likeness (QED) is 0.588. The number of nitrogens with one attached hydrogen (secondary N) is 1. The van der Waals surface area contributed by atoms with Crippen LogP contribution in [0.5, 0.6) is 11.5 Å². The van der Waals surface area contributed by atoms with Gasteiger partial charge in [-0.15, -0.1) is 0 Å². The van der Waals surface area contributed by atoms with Gasteiger partial charge in [0.05, 0.1) is 4.90 Å². The first kappa shape index (κ1) is 22.4.